The summed E-state index contributed by atoms with van der Waals surface area (Å²) < 4.78 is 10.6. The quantitative estimate of drug-likeness (QED) is 0.777. The second-order valence-electron chi connectivity index (χ2n) is 4.42. The molecule has 1 atom stereocenters. The number of benzene rings is 1. The zero-order valence-electron chi connectivity index (χ0n) is 10.3. The SMILES string of the molecule is COC1(OC)CN(CC(O)c2ccccc2)C1. The highest BCUT2D eigenvalue weighted by atomic mass is 16.7. The predicted molar refractivity (Wildman–Crippen MR) is 64.6 cm³/mol. The minimum Gasteiger partial charge on any atom is -0.387 e. The van der Waals surface area contributed by atoms with Gasteiger partial charge in [-0.1, -0.05) is 30.3 Å². The Morgan fingerprint density at radius 3 is 2.35 bits per heavy atom. The van der Waals surface area contributed by atoms with Crippen molar-refractivity contribution in [2.45, 2.75) is 11.9 Å². The zero-order valence-corrected chi connectivity index (χ0v) is 10.3. The molecule has 1 aromatic rings. The van der Waals surface area contributed by atoms with Gasteiger partial charge in [0.2, 0.25) is 0 Å². The molecule has 0 bridgehead atoms. The average Bonchev–Trinajstić information content (AvgIpc) is 2.34. The van der Waals surface area contributed by atoms with Crippen molar-refractivity contribution in [3.63, 3.8) is 0 Å². The van der Waals surface area contributed by atoms with Crippen molar-refractivity contribution in [1.29, 1.82) is 0 Å². The van der Waals surface area contributed by atoms with Crippen LogP contribution in [-0.2, 0) is 9.47 Å². The van der Waals surface area contributed by atoms with Crippen LogP contribution in [0.2, 0.25) is 0 Å². The lowest BCUT2D eigenvalue weighted by atomic mass is 10.0. The van der Waals surface area contributed by atoms with Crippen molar-refractivity contribution >= 4 is 0 Å². The van der Waals surface area contributed by atoms with Crippen LogP contribution < -0.4 is 0 Å². The molecule has 1 aromatic carbocycles. The lowest BCUT2D eigenvalue weighted by Crippen LogP contribution is -2.64. The third-order valence-corrected chi connectivity index (χ3v) is 3.29. The first-order valence-corrected chi connectivity index (χ1v) is 5.75. The van der Waals surface area contributed by atoms with E-state index in [0.717, 1.165) is 5.56 Å². The van der Waals surface area contributed by atoms with Gasteiger partial charge in [0, 0.05) is 20.8 Å². The summed E-state index contributed by atoms with van der Waals surface area (Å²) in [5.74, 6) is -0.476. The molecule has 1 N–H and O–H groups in total. The summed E-state index contributed by atoms with van der Waals surface area (Å²) in [5.41, 5.74) is 0.944. The average molecular weight is 237 g/mol. The first-order chi connectivity index (χ1) is 8.19. The van der Waals surface area contributed by atoms with E-state index in [1.54, 1.807) is 14.2 Å². The first-order valence-electron chi connectivity index (χ1n) is 5.75. The van der Waals surface area contributed by atoms with Crippen molar-refractivity contribution in [2.75, 3.05) is 33.9 Å². The largest absolute Gasteiger partial charge is 0.387 e. The van der Waals surface area contributed by atoms with Crippen LogP contribution in [0.15, 0.2) is 30.3 Å². The zero-order chi connectivity index (χ0) is 12.3. The van der Waals surface area contributed by atoms with Crippen molar-refractivity contribution in [3.05, 3.63) is 35.9 Å². The summed E-state index contributed by atoms with van der Waals surface area (Å²) in [4.78, 5) is 2.12. The van der Waals surface area contributed by atoms with Crippen LogP contribution in [0, 0.1) is 0 Å². The normalized spacial score (nSPS) is 20.9. The number of hydrogen-bond acceptors (Lipinski definition) is 4. The van der Waals surface area contributed by atoms with E-state index in [9.17, 15) is 5.11 Å². The van der Waals surface area contributed by atoms with Crippen molar-refractivity contribution in [2.24, 2.45) is 0 Å². The Labute approximate surface area is 102 Å². The maximum atomic E-state index is 10.0. The Morgan fingerprint density at radius 1 is 1.24 bits per heavy atom. The van der Waals surface area contributed by atoms with E-state index in [4.69, 9.17) is 9.47 Å². The summed E-state index contributed by atoms with van der Waals surface area (Å²) in [7, 11) is 3.29. The summed E-state index contributed by atoms with van der Waals surface area (Å²) >= 11 is 0. The van der Waals surface area contributed by atoms with E-state index >= 15 is 0 Å². The second kappa shape index (κ2) is 5.14. The van der Waals surface area contributed by atoms with E-state index in [1.807, 2.05) is 30.3 Å². The monoisotopic (exact) mass is 237 g/mol. The fourth-order valence-electron chi connectivity index (χ4n) is 2.13. The van der Waals surface area contributed by atoms with Gasteiger partial charge in [0.15, 0.2) is 5.79 Å². The van der Waals surface area contributed by atoms with Crippen LogP contribution in [-0.4, -0.2) is 49.6 Å². The van der Waals surface area contributed by atoms with Crippen molar-refractivity contribution in [3.8, 4) is 0 Å². The highest BCUT2D eigenvalue weighted by molar-refractivity contribution is 5.17. The van der Waals surface area contributed by atoms with Gasteiger partial charge >= 0.3 is 0 Å². The van der Waals surface area contributed by atoms with E-state index in [0.29, 0.717) is 19.6 Å². The van der Waals surface area contributed by atoms with Gasteiger partial charge in [-0.3, -0.25) is 4.90 Å². The molecule has 1 saturated heterocycles. The summed E-state index contributed by atoms with van der Waals surface area (Å²) in [6.07, 6.45) is -0.456. The van der Waals surface area contributed by atoms with Crippen LogP contribution in [0.25, 0.3) is 0 Å². The Hall–Kier alpha value is -0.940. The molecule has 0 amide bonds. The molecule has 0 radical (unpaired) electrons. The molecule has 0 saturated carbocycles. The fraction of sp³-hybridized carbons (Fsp3) is 0.538. The van der Waals surface area contributed by atoms with Gasteiger partial charge in [-0.15, -0.1) is 0 Å². The van der Waals surface area contributed by atoms with E-state index < -0.39 is 11.9 Å². The number of hydrogen-bond donors (Lipinski definition) is 1. The lowest BCUT2D eigenvalue weighted by Gasteiger charge is -2.48. The molecule has 94 valence electrons. The highest BCUT2D eigenvalue weighted by Crippen LogP contribution is 2.27. The molecule has 1 aliphatic heterocycles. The predicted octanol–water partition coefficient (Wildman–Crippen LogP) is 1.02. The number of β-amino-alcohol motifs (C(OH)–C–C–N with tert-alkyl or cyclic N) is 1. The maximum absolute atomic E-state index is 10.0. The number of methoxy groups -OCH3 is 2. The molecule has 0 spiro atoms. The van der Waals surface area contributed by atoms with Gasteiger partial charge in [-0.2, -0.15) is 0 Å². The molecule has 4 heteroatoms. The molecule has 0 aliphatic carbocycles. The van der Waals surface area contributed by atoms with Crippen molar-refractivity contribution in [1.82, 2.24) is 4.90 Å². The molecule has 17 heavy (non-hydrogen) atoms. The third-order valence-electron chi connectivity index (χ3n) is 3.29. The lowest BCUT2D eigenvalue weighted by molar-refractivity contribution is -0.277. The van der Waals surface area contributed by atoms with Crippen LogP contribution >= 0.6 is 0 Å². The van der Waals surface area contributed by atoms with Gasteiger partial charge < -0.3 is 14.6 Å². The topological polar surface area (TPSA) is 41.9 Å². The summed E-state index contributed by atoms with van der Waals surface area (Å²) in [5, 5.41) is 10.0. The molecule has 1 heterocycles. The van der Waals surface area contributed by atoms with Crippen molar-refractivity contribution < 1.29 is 14.6 Å². The number of ether oxygens (including phenoxy) is 2. The van der Waals surface area contributed by atoms with E-state index in [2.05, 4.69) is 4.90 Å². The Bertz CT molecular complexity index is 343. The van der Waals surface area contributed by atoms with Crippen LogP contribution in [0.4, 0.5) is 0 Å². The maximum Gasteiger partial charge on any atom is 0.193 e. The van der Waals surface area contributed by atoms with Crippen LogP contribution in [0.5, 0.6) is 0 Å². The van der Waals surface area contributed by atoms with Gasteiger partial charge in [0.1, 0.15) is 0 Å². The highest BCUT2D eigenvalue weighted by Gasteiger charge is 2.44. The number of aliphatic hydroxyl groups excluding tert-OH is 1. The molecule has 4 nitrogen and oxygen atoms in total. The third kappa shape index (κ3) is 2.66. The van der Waals surface area contributed by atoms with E-state index in [1.165, 1.54) is 0 Å². The van der Waals surface area contributed by atoms with Gasteiger partial charge in [-0.25, -0.2) is 0 Å². The molecular weight excluding hydrogens is 218 g/mol. The second-order valence-corrected chi connectivity index (χ2v) is 4.42. The first kappa shape index (κ1) is 12.5. The molecule has 1 aliphatic rings. The molecule has 0 aromatic heterocycles. The van der Waals surface area contributed by atoms with Gasteiger partial charge in [0.25, 0.3) is 0 Å². The Kier molecular flexibility index (Phi) is 3.79. The number of likely N-dealkylation sites (tertiary alicyclic amines) is 1. The minimum absolute atomic E-state index is 0.456. The molecular formula is C13H19NO3. The van der Waals surface area contributed by atoms with Gasteiger partial charge in [-0.05, 0) is 5.56 Å². The standard InChI is InChI=1S/C13H19NO3/c1-16-13(17-2)9-14(10-13)8-12(15)11-6-4-3-5-7-11/h3-7,12,15H,8-10H2,1-2H3. The van der Waals surface area contributed by atoms with E-state index in [-0.39, 0.29) is 0 Å². The number of aliphatic hydroxyl groups is 1. The number of rotatable bonds is 5. The summed E-state index contributed by atoms with van der Waals surface area (Å²) in [6, 6.07) is 9.68. The summed E-state index contributed by atoms with van der Waals surface area (Å²) in [6.45, 7) is 2.01. The fourth-order valence-corrected chi connectivity index (χ4v) is 2.13. The van der Waals surface area contributed by atoms with Gasteiger partial charge in [0.05, 0.1) is 19.2 Å². The Morgan fingerprint density at radius 2 is 1.82 bits per heavy atom. The minimum atomic E-state index is -0.476. The molecule has 2 rings (SSSR count). The molecule has 1 unspecified atom stereocenters. The molecule has 1 fully saturated rings. The number of nitrogens with zero attached hydrogens (tertiary/aromatic N) is 1. The smallest absolute Gasteiger partial charge is 0.193 e. The van der Waals surface area contributed by atoms with Crippen LogP contribution in [0.1, 0.15) is 11.7 Å². The Balaban J connectivity index is 1.84. The van der Waals surface area contributed by atoms with Crippen LogP contribution in [0.3, 0.4) is 0 Å².